The minimum absolute atomic E-state index is 0.00960. The number of thiophene rings is 1. The maximum atomic E-state index is 14.4. The third-order valence-corrected chi connectivity index (χ3v) is 7.87. The molecule has 0 N–H and O–H groups in total. The Balaban J connectivity index is 1.99. The predicted octanol–water partition coefficient (Wildman–Crippen LogP) is 3.86. The van der Waals surface area contributed by atoms with Crippen molar-refractivity contribution in [2.75, 3.05) is 13.7 Å². The van der Waals surface area contributed by atoms with Crippen molar-refractivity contribution in [3.63, 3.8) is 0 Å². The van der Waals surface area contributed by atoms with Crippen molar-refractivity contribution >= 4 is 27.3 Å². The highest BCUT2D eigenvalue weighted by Crippen LogP contribution is 2.34. The van der Waals surface area contributed by atoms with Crippen LogP contribution in [0.3, 0.4) is 0 Å². The second-order valence-electron chi connectivity index (χ2n) is 9.15. The van der Waals surface area contributed by atoms with Gasteiger partial charge in [-0.25, -0.2) is 13.8 Å². The van der Waals surface area contributed by atoms with Crippen molar-refractivity contribution in [1.82, 2.24) is 24.1 Å². The molecule has 0 aliphatic rings. The maximum absolute atomic E-state index is 14.4. The molecule has 3 aromatic heterocycles. The quantitative estimate of drug-likeness (QED) is 0.235. The zero-order chi connectivity index (χ0) is 29.0. The Kier molecular flexibility index (Phi) is 8.91. The van der Waals surface area contributed by atoms with E-state index in [0.717, 1.165) is 15.9 Å². The molecule has 13 heteroatoms. The molecule has 0 saturated carbocycles. The summed E-state index contributed by atoms with van der Waals surface area (Å²) in [6, 6.07) is 4.94. The van der Waals surface area contributed by atoms with Crippen LogP contribution in [0.25, 0.3) is 15.2 Å². The molecule has 11 nitrogen and oxygen atoms in total. The van der Waals surface area contributed by atoms with Gasteiger partial charge in [-0.05, 0) is 38.5 Å². The SMILES string of the molecule is CCCC(=O)[C@@H](C)n1c(=O)c2c(C)c(-n3nccn3)sc2n(C[C@H](OCCC#N)c2cc(F)ccc2OC)c1=O. The van der Waals surface area contributed by atoms with Gasteiger partial charge in [0.05, 0.1) is 56.6 Å². The molecule has 210 valence electrons. The predicted molar refractivity (Wildman–Crippen MR) is 146 cm³/mol. The van der Waals surface area contributed by atoms with Gasteiger partial charge >= 0.3 is 5.69 Å². The first kappa shape index (κ1) is 28.8. The molecular weight excluding hydrogens is 539 g/mol. The first-order valence-electron chi connectivity index (χ1n) is 12.7. The van der Waals surface area contributed by atoms with E-state index in [-0.39, 0.29) is 37.2 Å². The maximum Gasteiger partial charge on any atom is 0.332 e. The van der Waals surface area contributed by atoms with E-state index in [9.17, 15) is 18.8 Å². The van der Waals surface area contributed by atoms with Gasteiger partial charge in [-0.2, -0.15) is 15.5 Å². The van der Waals surface area contributed by atoms with Gasteiger partial charge in [-0.15, -0.1) is 4.80 Å². The third kappa shape index (κ3) is 5.45. The molecule has 4 aromatic rings. The first-order valence-corrected chi connectivity index (χ1v) is 13.5. The number of carbonyl (C=O) groups excluding carboxylic acids is 1. The molecule has 0 fully saturated rings. The molecular formula is C27H29FN6O5S. The Hall–Kier alpha value is -4.15. The molecule has 40 heavy (non-hydrogen) atoms. The Labute approximate surface area is 233 Å². The topological polar surface area (TPSA) is 134 Å². The summed E-state index contributed by atoms with van der Waals surface area (Å²) in [5.74, 6) is -0.454. The van der Waals surface area contributed by atoms with Gasteiger partial charge < -0.3 is 9.47 Å². The van der Waals surface area contributed by atoms with Crippen LogP contribution in [-0.2, 0) is 16.1 Å². The number of hydrogen-bond acceptors (Lipinski definition) is 9. The van der Waals surface area contributed by atoms with Crippen molar-refractivity contribution < 1.29 is 18.7 Å². The number of Topliss-reactive ketones (excluding diaryl/α,β-unsaturated/α-hetero) is 1. The van der Waals surface area contributed by atoms with Gasteiger partial charge in [0.1, 0.15) is 27.5 Å². The highest BCUT2D eigenvalue weighted by atomic mass is 32.1. The Morgan fingerprint density at radius 3 is 2.62 bits per heavy atom. The van der Waals surface area contributed by atoms with E-state index in [2.05, 4.69) is 10.2 Å². The molecule has 0 saturated heterocycles. The minimum atomic E-state index is -1.01. The van der Waals surface area contributed by atoms with E-state index in [0.29, 0.717) is 33.1 Å². The molecule has 0 bridgehead atoms. The number of rotatable bonds is 12. The van der Waals surface area contributed by atoms with Crippen LogP contribution in [0.15, 0.2) is 40.2 Å². The van der Waals surface area contributed by atoms with Crippen LogP contribution in [0.2, 0.25) is 0 Å². The van der Waals surface area contributed by atoms with Crippen molar-refractivity contribution in [3.05, 3.63) is 68.4 Å². The molecule has 3 heterocycles. The fourth-order valence-corrected chi connectivity index (χ4v) is 5.80. The van der Waals surface area contributed by atoms with E-state index in [4.69, 9.17) is 14.7 Å². The number of fused-ring (bicyclic) bond motifs is 1. The number of methoxy groups -OCH3 is 1. The fourth-order valence-electron chi connectivity index (χ4n) is 4.58. The molecule has 0 unspecified atom stereocenters. The molecule has 2 atom stereocenters. The lowest BCUT2D eigenvalue weighted by atomic mass is 10.1. The monoisotopic (exact) mass is 568 g/mol. The Bertz CT molecular complexity index is 1680. The Morgan fingerprint density at radius 2 is 1.98 bits per heavy atom. The van der Waals surface area contributed by atoms with Crippen LogP contribution in [0.1, 0.15) is 56.4 Å². The number of halogens is 1. The largest absolute Gasteiger partial charge is 0.496 e. The van der Waals surface area contributed by atoms with Gasteiger partial charge in [0, 0.05) is 17.5 Å². The number of hydrogen-bond donors (Lipinski definition) is 0. The van der Waals surface area contributed by atoms with Crippen molar-refractivity contribution in [2.45, 2.75) is 58.7 Å². The molecule has 0 amide bonds. The van der Waals surface area contributed by atoms with Gasteiger partial charge in [-0.1, -0.05) is 18.3 Å². The lowest BCUT2D eigenvalue weighted by Crippen LogP contribution is -2.44. The van der Waals surface area contributed by atoms with Gasteiger partial charge in [-0.3, -0.25) is 14.2 Å². The average molecular weight is 569 g/mol. The van der Waals surface area contributed by atoms with Crippen molar-refractivity contribution in [3.8, 4) is 16.8 Å². The average Bonchev–Trinajstić information content (AvgIpc) is 3.58. The van der Waals surface area contributed by atoms with Crippen LogP contribution >= 0.6 is 11.3 Å². The number of nitriles is 1. The molecule has 0 spiro atoms. The summed E-state index contributed by atoms with van der Waals surface area (Å²) in [5.41, 5.74) is -0.426. The molecule has 4 rings (SSSR count). The highest BCUT2D eigenvalue weighted by Gasteiger charge is 2.28. The van der Waals surface area contributed by atoms with E-state index in [1.165, 1.54) is 54.0 Å². The number of aryl methyl sites for hydroxylation is 1. The number of aromatic nitrogens is 5. The van der Waals surface area contributed by atoms with E-state index in [1.807, 2.05) is 13.0 Å². The second kappa shape index (κ2) is 12.4. The van der Waals surface area contributed by atoms with Crippen molar-refractivity contribution in [1.29, 1.82) is 5.26 Å². The molecule has 0 radical (unpaired) electrons. The first-order chi connectivity index (χ1) is 19.2. The van der Waals surface area contributed by atoms with E-state index in [1.54, 1.807) is 6.92 Å². The number of ketones is 1. The van der Waals surface area contributed by atoms with Crippen LogP contribution in [0.4, 0.5) is 4.39 Å². The van der Waals surface area contributed by atoms with Crippen molar-refractivity contribution in [2.24, 2.45) is 0 Å². The summed E-state index contributed by atoms with van der Waals surface area (Å²) < 4.78 is 28.1. The number of benzene rings is 1. The van der Waals surface area contributed by atoms with Gasteiger partial charge in [0.25, 0.3) is 5.56 Å². The lowest BCUT2D eigenvalue weighted by molar-refractivity contribution is -0.122. The van der Waals surface area contributed by atoms with Crippen LogP contribution in [-0.4, -0.2) is 43.6 Å². The molecule has 0 aliphatic carbocycles. The zero-order valence-corrected chi connectivity index (χ0v) is 23.4. The van der Waals surface area contributed by atoms with E-state index >= 15 is 0 Å². The standard InChI is InChI=1S/C27H29FN6O5S/c1-5-7-20(35)17(3)33-24(36)23-16(2)25(34-30-11-12-31-34)40-26(23)32(27(33)37)15-22(39-13-6-10-29)19-14-18(28)8-9-21(19)38-4/h8-9,11-12,14,17,22H,5-7,13,15H2,1-4H3/t17-,22+/m1/s1. The van der Waals surface area contributed by atoms with Crippen LogP contribution in [0, 0.1) is 24.1 Å². The molecule has 1 aromatic carbocycles. The van der Waals surface area contributed by atoms with Crippen LogP contribution < -0.4 is 16.0 Å². The normalized spacial score (nSPS) is 12.8. The minimum Gasteiger partial charge on any atom is -0.496 e. The second-order valence-corrected chi connectivity index (χ2v) is 10.1. The summed E-state index contributed by atoms with van der Waals surface area (Å²) in [4.78, 5) is 42.4. The number of carbonyl (C=O) groups is 1. The third-order valence-electron chi connectivity index (χ3n) is 6.59. The summed E-state index contributed by atoms with van der Waals surface area (Å²) in [6.07, 6.45) is 2.90. The summed E-state index contributed by atoms with van der Waals surface area (Å²) in [7, 11) is 1.43. The fraction of sp³-hybridized carbons (Fsp3) is 0.407. The highest BCUT2D eigenvalue weighted by molar-refractivity contribution is 7.21. The number of nitrogens with zero attached hydrogens (tertiary/aromatic N) is 6. The lowest BCUT2D eigenvalue weighted by Gasteiger charge is -2.23. The van der Waals surface area contributed by atoms with Gasteiger partial charge in [0.2, 0.25) is 0 Å². The van der Waals surface area contributed by atoms with E-state index < -0.39 is 29.2 Å². The molecule has 0 aliphatic heterocycles. The summed E-state index contributed by atoms with van der Waals surface area (Å²) >= 11 is 1.14. The van der Waals surface area contributed by atoms with Gasteiger partial charge in [0.15, 0.2) is 5.78 Å². The van der Waals surface area contributed by atoms with Crippen LogP contribution in [0.5, 0.6) is 5.75 Å². The smallest absolute Gasteiger partial charge is 0.332 e. The zero-order valence-electron chi connectivity index (χ0n) is 22.6. The number of ether oxygens (including phenoxy) is 2. The Morgan fingerprint density at radius 1 is 1.25 bits per heavy atom. The summed E-state index contributed by atoms with van der Waals surface area (Å²) in [5, 5.41) is 18.2. The summed E-state index contributed by atoms with van der Waals surface area (Å²) in [6.45, 7) is 4.96.